The number of esters is 1. The van der Waals surface area contributed by atoms with Crippen LogP contribution in [-0.4, -0.2) is 22.7 Å². The third-order valence-corrected chi connectivity index (χ3v) is 3.50. The van der Waals surface area contributed by atoms with Gasteiger partial charge in [-0.2, -0.15) is 0 Å². The summed E-state index contributed by atoms with van der Waals surface area (Å²) in [6.07, 6.45) is -0.840. The molecular weight excluding hydrogens is 250 g/mol. The minimum atomic E-state index is -0.823. The fraction of sp³-hybridized carbons (Fsp3) is 0.385. The van der Waals surface area contributed by atoms with Crippen LogP contribution in [0.15, 0.2) is 18.2 Å². The highest BCUT2D eigenvalue weighted by atomic mass is 32.1. The van der Waals surface area contributed by atoms with E-state index in [2.05, 4.69) is 4.98 Å². The molecule has 0 saturated heterocycles. The minimum Gasteiger partial charge on any atom is -0.466 e. The number of aromatic nitrogens is 1. The zero-order valence-corrected chi connectivity index (χ0v) is 11.2. The molecule has 1 heterocycles. The number of aliphatic hydroxyl groups is 1. The number of rotatable bonds is 4. The first-order valence-corrected chi connectivity index (χ1v) is 6.62. The monoisotopic (exact) mass is 265 g/mol. The highest BCUT2D eigenvalue weighted by Gasteiger charge is 2.14. The lowest BCUT2D eigenvalue weighted by Gasteiger charge is -2.10. The number of hydrogen-bond donors (Lipinski definition) is 1. The Bertz CT molecular complexity index is 564. The van der Waals surface area contributed by atoms with Gasteiger partial charge in [-0.1, -0.05) is 6.07 Å². The first kappa shape index (κ1) is 13.0. The molecule has 4 nitrogen and oxygen atoms in total. The van der Waals surface area contributed by atoms with Crippen molar-refractivity contribution in [3.05, 3.63) is 28.8 Å². The summed E-state index contributed by atoms with van der Waals surface area (Å²) in [5.74, 6) is -0.384. The van der Waals surface area contributed by atoms with Crippen LogP contribution in [0, 0.1) is 6.92 Å². The van der Waals surface area contributed by atoms with E-state index in [0.717, 1.165) is 20.8 Å². The molecule has 1 N–H and O–H groups in total. The van der Waals surface area contributed by atoms with E-state index in [1.165, 1.54) is 0 Å². The molecule has 96 valence electrons. The molecule has 1 atom stereocenters. The topological polar surface area (TPSA) is 59.4 Å². The number of fused-ring (bicyclic) bond motifs is 1. The van der Waals surface area contributed by atoms with Crippen LogP contribution < -0.4 is 0 Å². The van der Waals surface area contributed by atoms with Crippen LogP contribution in [0.25, 0.3) is 10.2 Å². The lowest BCUT2D eigenvalue weighted by atomic mass is 10.1. The lowest BCUT2D eigenvalue weighted by molar-refractivity contribution is -0.145. The van der Waals surface area contributed by atoms with Gasteiger partial charge in [-0.15, -0.1) is 11.3 Å². The molecule has 0 saturated carbocycles. The average Bonchev–Trinajstić information content (AvgIpc) is 2.68. The summed E-state index contributed by atoms with van der Waals surface area (Å²) in [7, 11) is 0. The van der Waals surface area contributed by atoms with Gasteiger partial charge in [0.1, 0.15) is 0 Å². The van der Waals surface area contributed by atoms with Gasteiger partial charge in [0.25, 0.3) is 0 Å². The molecule has 0 radical (unpaired) electrons. The Balaban J connectivity index is 2.17. The van der Waals surface area contributed by atoms with E-state index >= 15 is 0 Å². The van der Waals surface area contributed by atoms with Gasteiger partial charge in [0, 0.05) is 0 Å². The van der Waals surface area contributed by atoms with Crippen molar-refractivity contribution >= 4 is 27.5 Å². The van der Waals surface area contributed by atoms with Crippen molar-refractivity contribution < 1.29 is 14.6 Å². The van der Waals surface area contributed by atoms with Gasteiger partial charge >= 0.3 is 5.97 Å². The van der Waals surface area contributed by atoms with Gasteiger partial charge in [0.15, 0.2) is 0 Å². The van der Waals surface area contributed by atoms with Crippen LogP contribution in [-0.2, 0) is 9.53 Å². The minimum absolute atomic E-state index is 0.0167. The quantitative estimate of drug-likeness (QED) is 0.863. The highest BCUT2D eigenvalue weighted by molar-refractivity contribution is 7.18. The molecule has 0 bridgehead atoms. The van der Waals surface area contributed by atoms with Crippen molar-refractivity contribution in [3.63, 3.8) is 0 Å². The molecule has 5 heteroatoms. The Morgan fingerprint density at radius 2 is 2.33 bits per heavy atom. The van der Waals surface area contributed by atoms with Crippen molar-refractivity contribution in [2.45, 2.75) is 26.4 Å². The van der Waals surface area contributed by atoms with Crippen LogP contribution in [0.2, 0.25) is 0 Å². The van der Waals surface area contributed by atoms with E-state index in [0.29, 0.717) is 6.61 Å². The van der Waals surface area contributed by atoms with Crippen molar-refractivity contribution in [2.24, 2.45) is 0 Å². The number of aryl methyl sites for hydroxylation is 1. The number of carbonyl (C=O) groups excluding carboxylic acids is 1. The summed E-state index contributed by atoms with van der Waals surface area (Å²) < 4.78 is 5.84. The largest absolute Gasteiger partial charge is 0.466 e. The third kappa shape index (κ3) is 2.86. The van der Waals surface area contributed by atoms with Crippen LogP contribution in [0.3, 0.4) is 0 Å². The second kappa shape index (κ2) is 5.46. The smallest absolute Gasteiger partial charge is 0.308 e. The predicted molar refractivity (Wildman–Crippen MR) is 70.6 cm³/mol. The van der Waals surface area contributed by atoms with Gasteiger partial charge in [0.2, 0.25) is 0 Å². The van der Waals surface area contributed by atoms with E-state index in [1.807, 2.05) is 19.1 Å². The van der Waals surface area contributed by atoms with Gasteiger partial charge in [-0.05, 0) is 31.5 Å². The Hall–Kier alpha value is -1.46. The molecule has 1 aromatic heterocycles. The molecule has 0 unspecified atom stereocenters. The first-order chi connectivity index (χ1) is 8.60. The van der Waals surface area contributed by atoms with Crippen LogP contribution in [0.4, 0.5) is 0 Å². The number of benzene rings is 1. The average molecular weight is 265 g/mol. The standard InChI is InChI=1S/C13H15NO3S/c1-3-17-13(16)7-11(15)9-4-5-10-12(6-9)18-8(2)14-10/h4-6,11,15H,3,7H2,1-2H3/t11-/m0/s1. The Kier molecular flexibility index (Phi) is 3.93. The van der Waals surface area contributed by atoms with E-state index in [-0.39, 0.29) is 12.4 Å². The fourth-order valence-electron chi connectivity index (χ4n) is 1.76. The summed E-state index contributed by atoms with van der Waals surface area (Å²) in [4.78, 5) is 15.7. The summed E-state index contributed by atoms with van der Waals surface area (Å²) >= 11 is 1.57. The molecular formula is C13H15NO3S. The molecule has 0 aliphatic heterocycles. The molecule has 1 aromatic carbocycles. The second-order valence-electron chi connectivity index (χ2n) is 3.98. The molecule has 0 aliphatic rings. The van der Waals surface area contributed by atoms with Gasteiger partial charge in [-0.25, -0.2) is 4.98 Å². The highest BCUT2D eigenvalue weighted by Crippen LogP contribution is 2.26. The molecule has 0 fully saturated rings. The van der Waals surface area contributed by atoms with Crippen molar-refractivity contribution in [2.75, 3.05) is 6.61 Å². The van der Waals surface area contributed by atoms with Gasteiger partial charge < -0.3 is 9.84 Å². The van der Waals surface area contributed by atoms with Crippen LogP contribution in [0.5, 0.6) is 0 Å². The molecule has 0 aliphatic carbocycles. The second-order valence-corrected chi connectivity index (χ2v) is 5.22. The Labute approximate surface area is 109 Å². The summed E-state index contributed by atoms with van der Waals surface area (Å²) in [5.41, 5.74) is 1.64. The first-order valence-electron chi connectivity index (χ1n) is 5.81. The maximum Gasteiger partial charge on any atom is 0.308 e. The molecule has 0 spiro atoms. The Morgan fingerprint density at radius 3 is 3.06 bits per heavy atom. The summed E-state index contributed by atoms with van der Waals surface area (Å²) in [5, 5.41) is 11.0. The summed E-state index contributed by atoms with van der Waals surface area (Å²) in [6, 6.07) is 5.54. The predicted octanol–water partition coefficient (Wildman–Crippen LogP) is 2.59. The third-order valence-electron chi connectivity index (χ3n) is 2.57. The molecule has 2 aromatic rings. The Morgan fingerprint density at radius 1 is 1.56 bits per heavy atom. The van der Waals surface area contributed by atoms with E-state index in [9.17, 15) is 9.90 Å². The van der Waals surface area contributed by atoms with Gasteiger partial charge in [0.05, 0.1) is 34.4 Å². The van der Waals surface area contributed by atoms with E-state index in [1.54, 1.807) is 24.3 Å². The molecule has 18 heavy (non-hydrogen) atoms. The van der Waals surface area contributed by atoms with Crippen LogP contribution >= 0.6 is 11.3 Å². The van der Waals surface area contributed by atoms with Gasteiger partial charge in [-0.3, -0.25) is 4.79 Å². The molecule has 0 amide bonds. The number of thiazole rings is 1. The summed E-state index contributed by atoms with van der Waals surface area (Å²) in [6.45, 7) is 4.02. The van der Waals surface area contributed by atoms with Crippen molar-refractivity contribution in [1.29, 1.82) is 0 Å². The van der Waals surface area contributed by atoms with Crippen LogP contribution in [0.1, 0.15) is 30.0 Å². The number of hydrogen-bond acceptors (Lipinski definition) is 5. The lowest BCUT2D eigenvalue weighted by Crippen LogP contribution is -2.09. The number of ether oxygens (including phenoxy) is 1. The number of aliphatic hydroxyl groups excluding tert-OH is 1. The zero-order chi connectivity index (χ0) is 13.1. The maximum atomic E-state index is 11.3. The number of nitrogens with zero attached hydrogens (tertiary/aromatic N) is 1. The fourth-order valence-corrected chi connectivity index (χ4v) is 2.63. The van der Waals surface area contributed by atoms with E-state index in [4.69, 9.17) is 4.74 Å². The SMILES string of the molecule is CCOC(=O)C[C@H](O)c1ccc2nc(C)sc2c1. The molecule has 2 rings (SSSR count). The maximum absolute atomic E-state index is 11.3. The number of carbonyl (C=O) groups is 1. The van der Waals surface area contributed by atoms with E-state index < -0.39 is 6.10 Å². The normalized spacial score (nSPS) is 12.6. The van der Waals surface area contributed by atoms with Crippen molar-refractivity contribution in [3.8, 4) is 0 Å². The zero-order valence-electron chi connectivity index (χ0n) is 10.3. The van der Waals surface area contributed by atoms with Crippen molar-refractivity contribution in [1.82, 2.24) is 4.98 Å².